The Labute approximate surface area is 94.4 Å². The predicted molar refractivity (Wildman–Crippen MR) is 59.2 cm³/mol. The number of rotatable bonds is 1. The van der Waals surface area contributed by atoms with Gasteiger partial charge in [-0.25, -0.2) is 9.78 Å². The van der Waals surface area contributed by atoms with Crippen LogP contribution < -0.4 is 0 Å². The Morgan fingerprint density at radius 2 is 2.00 bits per heavy atom. The maximum Gasteiger partial charge on any atom is 0.341 e. The molecule has 0 aliphatic carbocycles. The summed E-state index contributed by atoms with van der Waals surface area (Å²) in [4.78, 5) is 15.6. The molecule has 0 aliphatic heterocycles. The first kappa shape index (κ1) is 12.0. The Morgan fingerprint density at radius 3 is 2.47 bits per heavy atom. The second-order valence-corrected chi connectivity index (χ2v) is 4.65. The molecule has 1 heterocycles. The SMILES string of the molecule is Cc1ccc(C(=O)OC(C)(C)C)c(Cl)n1. The fourth-order valence-electron chi connectivity index (χ4n) is 1.01. The first-order valence-electron chi connectivity index (χ1n) is 4.66. The quantitative estimate of drug-likeness (QED) is 0.547. The molecule has 1 aromatic rings. The highest BCUT2D eigenvalue weighted by molar-refractivity contribution is 6.32. The zero-order chi connectivity index (χ0) is 11.6. The molecular formula is C11H14ClNO2. The van der Waals surface area contributed by atoms with E-state index in [1.807, 2.05) is 6.92 Å². The van der Waals surface area contributed by atoms with Gasteiger partial charge >= 0.3 is 5.97 Å². The summed E-state index contributed by atoms with van der Waals surface area (Å²) in [6, 6.07) is 3.35. The van der Waals surface area contributed by atoms with E-state index in [-0.39, 0.29) is 5.15 Å². The lowest BCUT2D eigenvalue weighted by Crippen LogP contribution is -2.24. The first-order valence-corrected chi connectivity index (χ1v) is 5.04. The van der Waals surface area contributed by atoms with Crippen molar-refractivity contribution in [3.8, 4) is 0 Å². The van der Waals surface area contributed by atoms with E-state index in [1.165, 1.54) is 0 Å². The van der Waals surface area contributed by atoms with Gasteiger partial charge in [-0.15, -0.1) is 0 Å². The van der Waals surface area contributed by atoms with Crippen LogP contribution in [0.5, 0.6) is 0 Å². The van der Waals surface area contributed by atoms with E-state index in [9.17, 15) is 4.79 Å². The average Bonchev–Trinajstić information content (AvgIpc) is 1.99. The lowest BCUT2D eigenvalue weighted by atomic mass is 10.2. The molecular weight excluding hydrogens is 214 g/mol. The highest BCUT2D eigenvalue weighted by Crippen LogP contribution is 2.18. The number of hydrogen-bond donors (Lipinski definition) is 0. The Balaban J connectivity index is 2.92. The zero-order valence-corrected chi connectivity index (χ0v) is 10.1. The van der Waals surface area contributed by atoms with Gasteiger partial charge in [0.15, 0.2) is 0 Å². The van der Waals surface area contributed by atoms with Crippen molar-refractivity contribution >= 4 is 17.6 Å². The molecule has 15 heavy (non-hydrogen) atoms. The number of nitrogens with zero attached hydrogens (tertiary/aromatic N) is 1. The van der Waals surface area contributed by atoms with Crippen molar-refractivity contribution in [3.63, 3.8) is 0 Å². The molecule has 4 heteroatoms. The van der Waals surface area contributed by atoms with Crippen molar-refractivity contribution in [3.05, 3.63) is 28.5 Å². The van der Waals surface area contributed by atoms with Gasteiger partial charge in [0.05, 0.1) is 5.56 Å². The number of aryl methyl sites for hydroxylation is 1. The number of hydrogen-bond acceptors (Lipinski definition) is 3. The van der Waals surface area contributed by atoms with Gasteiger partial charge in [0.2, 0.25) is 0 Å². The number of carbonyl (C=O) groups is 1. The van der Waals surface area contributed by atoms with E-state index in [1.54, 1.807) is 32.9 Å². The van der Waals surface area contributed by atoms with Gasteiger partial charge in [0, 0.05) is 5.69 Å². The fourth-order valence-corrected chi connectivity index (χ4v) is 1.28. The van der Waals surface area contributed by atoms with Gasteiger partial charge in [0.25, 0.3) is 0 Å². The minimum absolute atomic E-state index is 0.184. The van der Waals surface area contributed by atoms with Crippen LogP contribution in [-0.2, 0) is 4.74 Å². The summed E-state index contributed by atoms with van der Waals surface area (Å²) in [6.45, 7) is 7.23. The third-order valence-electron chi connectivity index (χ3n) is 1.61. The molecule has 82 valence electrons. The second-order valence-electron chi connectivity index (χ2n) is 4.29. The van der Waals surface area contributed by atoms with Crippen molar-refractivity contribution in [1.82, 2.24) is 4.98 Å². The Kier molecular flexibility index (Phi) is 3.35. The molecule has 1 rings (SSSR count). The van der Waals surface area contributed by atoms with Gasteiger partial charge in [0.1, 0.15) is 10.8 Å². The number of esters is 1. The molecule has 0 atom stereocenters. The Hall–Kier alpha value is -1.09. The van der Waals surface area contributed by atoms with E-state index >= 15 is 0 Å². The molecule has 0 bridgehead atoms. The van der Waals surface area contributed by atoms with Crippen LogP contribution in [0.15, 0.2) is 12.1 Å². The molecule has 0 saturated carbocycles. The van der Waals surface area contributed by atoms with E-state index in [2.05, 4.69) is 4.98 Å². The van der Waals surface area contributed by atoms with Crippen LogP contribution in [0.1, 0.15) is 36.8 Å². The van der Waals surface area contributed by atoms with Crippen LogP contribution in [0.25, 0.3) is 0 Å². The smallest absolute Gasteiger partial charge is 0.341 e. The first-order chi connectivity index (χ1) is 6.79. The maximum atomic E-state index is 11.6. The largest absolute Gasteiger partial charge is 0.456 e. The summed E-state index contributed by atoms with van der Waals surface area (Å²) in [5, 5.41) is 0.184. The predicted octanol–water partition coefficient (Wildman–Crippen LogP) is 3.00. The Morgan fingerprint density at radius 1 is 1.40 bits per heavy atom. The maximum absolute atomic E-state index is 11.6. The van der Waals surface area contributed by atoms with Crippen LogP contribution in [0.3, 0.4) is 0 Å². The molecule has 0 amide bonds. The van der Waals surface area contributed by atoms with Gasteiger partial charge in [-0.3, -0.25) is 0 Å². The normalized spacial score (nSPS) is 11.3. The molecule has 0 fully saturated rings. The molecule has 1 aromatic heterocycles. The molecule has 0 saturated heterocycles. The number of carbonyl (C=O) groups excluding carboxylic acids is 1. The lowest BCUT2D eigenvalue weighted by molar-refractivity contribution is 0.00693. The summed E-state index contributed by atoms with van der Waals surface area (Å²) in [6.07, 6.45) is 0. The van der Waals surface area contributed by atoms with Crippen molar-refractivity contribution in [1.29, 1.82) is 0 Å². The average molecular weight is 228 g/mol. The van der Waals surface area contributed by atoms with E-state index in [4.69, 9.17) is 16.3 Å². The third kappa shape index (κ3) is 3.51. The lowest BCUT2D eigenvalue weighted by Gasteiger charge is -2.19. The standard InChI is InChI=1S/C11H14ClNO2/c1-7-5-6-8(9(12)13-7)10(14)15-11(2,3)4/h5-6H,1-4H3. The van der Waals surface area contributed by atoms with Crippen molar-refractivity contribution in [2.45, 2.75) is 33.3 Å². The topological polar surface area (TPSA) is 39.2 Å². The fraction of sp³-hybridized carbons (Fsp3) is 0.455. The van der Waals surface area contributed by atoms with E-state index in [0.717, 1.165) is 5.69 Å². The van der Waals surface area contributed by atoms with Gasteiger partial charge < -0.3 is 4.74 Å². The molecule has 0 radical (unpaired) electrons. The molecule has 0 aliphatic rings. The van der Waals surface area contributed by atoms with Gasteiger partial charge in [-0.05, 0) is 39.8 Å². The molecule has 0 N–H and O–H groups in total. The van der Waals surface area contributed by atoms with E-state index in [0.29, 0.717) is 5.56 Å². The minimum Gasteiger partial charge on any atom is -0.456 e. The van der Waals surface area contributed by atoms with Crippen LogP contribution in [0.4, 0.5) is 0 Å². The third-order valence-corrected chi connectivity index (χ3v) is 1.89. The summed E-state index contributed by atoms with van der Waals surface area (Å²) >= 11 is 5.84. The van der Waals surface area contributed by atoms with Gasteiger partial charge in [-0.1, -0.05) is 11.6 Å². The summed E-state index contributed by atoms with van der Waals surface area (Å²) in [5.74, 6) is -0.444. The number of aromatic nitrogens is 1. The van der Waals surface area contributed by atoms with Crippen LogP contribution >= 0.6 is 11.6 Å². The molecule has 3 nitrogen and oxygen atoms in total. The summed E-state index contributed by atoms with van der Waals surface area (Å²) < 4.78 is 5.18. The summed E-state index contributed by atoms with van der Waals surface area (Å²) in [5.41, 5.74) is 0.551. The van der Waals surface area contributed by atoms with Crippen molar-refractivity contribution < 1.29 is 9.53 Å². The van der Waals surface area contributed by atoms with E-state index < -0.39 is 11.6 Å². The highest BCUT2D eigenvalue weighted by atomic mass is 35.5. The molecule has 0 aromatic carbocycles. The number of ether oxygens (including phenoxy) is 1. The summed E-state index contributed by atoms with van der Waals surface area (Å²) in [7, 11) is 0. The number of pyridine rings is 1. The van der Waals surface area contributed by atoms with Crippen molar-refractivity contribution in [2.24, 2.45) is 0 Å². The van der Waals surface area contributed by atoms with Crippen LogP contribution in [-0.4, -0.2) is 16.6 Å². The van der Waals surface area contributed by atoms with Crippen LogP contribution in [0, 0.1) is 6.92 Å². The minimum atomic E-state index is -0.523. The number of halogens is 1. The van der Waals surface area contributed by atoms with Crippen molar-refractivity contribution in [2.75, 3.05) is 0 Å². The molecule has 0 spiro atoms. The Bertz CT molecular complexity index is 383. The second kappa shape index (κ2) is 4.19. The van der Waals surface area contributed by atoms with Gasteiger partial charge in [-0.2, -0.15) is 0 Å². The van der Waals surface area contributed by atoms with Crippen LogP contribution in [0.2, 0.25) is 5.15 Å². The highest BCUT2D eigenvalue weighted by Gasteiger charge is 2.20. The molecule has 0 unspecified atom stereocenters. The zero-order valence-electron chi connectivity index (χ0n) is 9.30. The monoisotopic (exact) mass is 227 g/mol.